The van der Waals surface area contributed by atoms with E-state index in [2.05, 4.69) is 14.6 Å². The number of fused-ring (bicyclic) bond motifs is 2. The SMILES string of the molecule is COC(=O)C=Cc1ccc2c(c1)C(=O)CC1(CCN(Cc3c[nH]c4cc(F)ccc34)CC1)O2. The van der Waals surface area contributed by atoms with Crippen LogP contribution in [0.3, 0.4) is 0 Å². The number of piperidine rings is 1. The van der Waals surface area contributed by atoms with Crippen LogP contribution in [0.1, 0.15) is 40.7 Å². The molecule has 6 nitrogen and oxygen atoms in total. The van der Waals surface area contributed by atoms with E-state index < -0.39 is 11.6 Å². The molecule has 170 valence electrons. The quantitative estimate of drug-likeness (QED) is 0.470. The number of hydrogen-bond donors (Lipinski definition) is 1. The summed E-state index contributed by atoms with van der Waals surface area (Å²) in [5, 5.41) is 1.03. The van der Waals surface area contributed by atoms with Gasteiger partial charge in [-0.3, -0.25) is 9.69 Å². The van der Waals surface area contributed by atoms with Crippen molar-refractivity contribution in [1.29, 1.82) is 0 Å². The lowest BCUT2D eigenvalue weighted by Crippen LogP contribution is -2.50. The minimum Gasteiger partial charge on any atom is -0.486 e. The first-order valence-electron chi connectivity index (χ1n) is 11.0. The van der Waals surface area contributed by atoms with Crippen molar-refractivity contribution in [2.24, 2.45) is 0 Å². The Labute approximate surface area is 191 Å². The first-order valence-corrected chi connectivity index (χ1v) is 11.0. The molecule has 5 rings (SSSR count). The summed E-state index contributed by atoms with van der Waals surface area (Å²) in [5.74, 6) is -0.0205. The van der Waals surface area contributed by atoms with Crippen molar-refractivity contribution < 1.29 is 23.5 Å². The van der Waals surface area contributed by atoms with Crippen LogP contribution >= 0.6 is 0 Å². The van der Waals surface area contributed by atoms with E-state index in [1.807, 2.05) is 24.4 Å². The summed E-state index contributed by atoms with van der Waals surface area (Å²) >= 11 is 0. The van der Waals surface area contributed by atoms with Crippen molar-refractivity contribution in [3.05, 3.63) is 71.2 Å². The number of Topliss-reactive ketones (excluding diaryl/α,β-unsaturated/α-hetero) is 1. The number of hydrogen-bond acceptors (Lipinski definition) is 5. The summed E-state index contributed by atoms with van der Waals surface area (Å²) in [5.41, 5.74) is 2.77. The number of benzene rings is 2. The van der Waals surface area contributed by atoms with Gasteiger partial charge < -0.3 is 14.5 Å². The number of likely N-dealkylation sites (tertiary alicyclic amines) is 1. The van der Waals surface area contributed by atoms with E-state index in [-0.39, 0.29) is 11.6 Å². The smallest absolute Gasteiger partial charge is 0.330 e. The molecule has 7 heteroatoms. The number of aromatic amines is 1. The Hall–Kier alpha value is -3.45. The molecule has 0 saturated carbocycles. The summed E-state index contributed by atoms with van der Waals surface area (Å²) in [7, 11) is 1.32. The van der Waals surface area contributed by atoms with Crippen LogP contribution in [-0.4, -0.2) is 47.4 Å². The molecule has 33 heavy (non-hydrogen) atoms. The average Bonchev–Trinajstić information content (AvgIpc) is 3.21. The Balaban J connectivity index is 1.26. The number of nitrogens with one attached hydrogen (secondary N) is 1. The maximum absolute atomic E-state index is 13.5. The number of methoxy groups -OCH3 is 1. The second kappa shape index (κ2) is 8.48. The zero-order chi connectivity index (χ0) is 23.0. The number of halogens is 1. The fraction of sp³-hybridized carbons (Fsp3) is 0.308. The van der Waals surface area contributed by atoms with Crippen LogP contribution in [0.25, 0.3) is 17.0 Å². The topological polar surface area (TPSA) is 71.6 Å². The highest BCUT2D eigenvalue weighted by Gasteiger charge is 2.43. The van der Waals surface area contributed by atoms with Crippen molar-refractivity contribution >= 4 is 28.7 Å². The first kappa shape index (κ1) is 21.4. The number of carbonyl (C=O) groups is 2. The molecular formula is C26H25FN2O4. The van der Waals surface area contributed by atoms with Gasteiger partial charge in [-0.05, 0) is 47.5 Å². The highest BCUT2D eigenvalue weighted by Crippen LogP contribution is 2.40. The van der Waals surface area contributed by atoms with E-state index in [0.29, 0.717) is 17.7 Å². The van der Waals surface area contributed by atoms with Crippen molar-refractivity contribution in [3.63, 3.8) is 0 Å². The van der Waals surface area contributed by atoms with Gasteiger partial charge >= 0.3 is 5.97 Å². The molecule has 1 N–H and O–H groups in total. The van der Waals surface area contributed by atoms with Gasteiger partial charge in [0.15, 0.2) is 5.78 Å². The summed E-state index contributed by atoms with van der Waals surface area (Å²) < 4.78 is 24.5. The zero-order valence-corrected chi connectivity index (χ0v) is 18.4. The number of H-pyrrole nitrogens is 1. The van der Waals surface area contributed by atoms with Gasteiger partial charge in [0.1, 0.15) is 17.2 Å². The standard InChI is InChI=1S/C26H25FN2O4/c1-32-25(31)7-3-17-2-6-24-21(12-17)23(30)14-26(33-24)8-10-29(11-9-26)16-18-15-28-22-13-19(27)4-5-20(18)22/h2-7,12-13,15,28H,8-11,14,16H2,1H3. The Bertz CT molecular complexity index is 1250. The monoisotopic (exact) mass is 448 g/mol. The number of aromatic nitrogens is 1. The molecule has 0 amide bonds. The number of ketones is 1. The van der Waals surface area contributed by atoms with Crippen molar-refractivity contribution in [3.8, 4) is 5.75 Å². The second-order valence-electron chi connectivity index (χ2n) is 8.78. The van der Waals surface area contributed by atoms with Gasteiger partial charge in [-0.15, -0.1) is 0 Å². The third kappa shape index (κ3) is 4.28. The Morgan fingerprint density at radius 3 is 2.85 bits per heavy atom. The highest BCUT2D eigenvalue weighted by molar-refractivity contribution is 6.01. The summed E-state index contributed by atoms with van der Waals surface area (Å²) in [6, 6.07) is 10.2. The van der Waals surface area contributed by atoms with Gasteiger partial charge in [-0.1, -0.05) is 6.07 Å². The van der Waals surface area contributed by atoms with Crippen LogP contribution in [0.2, 0.25) is 0 Å². The minimum atomic E-state index is -0.479. The minimum absolute atomic E-state index is 0.0664. The van der Waals surface area contributed by atoms with Gasteiger partial charge in [0.05, 0.1) is 19.1 Å². The number of nitrogens with zero attached hydrogens (tertiary/aromatic N) is 1. The first-order chi connectivity index (χ1) is 15.9. The van der Waals surface area contributed by atoms with Crippen LogP contribution in [0, 0.1) is 5.82 Å². The predicted octanol–water partition coefficient (Wildman–Crippen LogP) is 4.49. The maximum Gasteiger partial charge on any atom is 0.330 e. The molecular weight excluding hydrogens is 423 g/mol. The number of carbonyl (C=O) groups excluding carboxylic acids is 2. The molecule has 1 saturated heterocycles. The number of esters is 1. The molecule has 2 aromatic carbocycles. The van der Waals surface area contributed by atoms with Crippen LogP contribution in [0.15, 0.2) is 48.7 Å². The van der Waals surface area contributed by atoms with Gasteiger partial charge in [0, 0.05) is 55.7 Å². The molecule has 0 unspecified atom stereocenters. The maximum atomic E-state index is 13.5. The van der Waals surface area contributed by atoms with E-state index >= 15 is 0 Å². The molecule has 3 heterocycles. The Kier molecular flexibility index (Phi) is 5.50. The lowest BCUT2D eigenvalue weighted by atomic mass is 9.82. The molecule has 3 aromatic rings. The predicted molar refractivity (Wildman–Crippen MR) is 123 cm³/mol. The van der Waals surface area contributed by atoms with E-state index in [9.17, 15) is 14.0 Å². The number of rotatable bonds is 4. The second-order valence-corrected chi connectivity index (χ2v) is 8.78. The van der Waals surface area contributed by atoms with Crippen molar-refractivity contribution in [2.45, 2.75) is 31.4 Å². The van der Waals surface area contributed by atoms with Gasteiger partial charge in [-0.25, -0.2) is 9.18 Å². The summed E-state index contributed by atoms with van der Waals surface area (Å²) in [4.78, 5) is 29.8. The fourth-order valence-electron chi connectivity index (χ4n) is 4.78. The molecule has 0 bridgehead atoms. The fourth-order valence-corrected chi connectivity index (χ4v) is 4.78. The van der Waals surface area contributed by atoms with E-state index in [1.54, 1.807) is 12.1 Å². The van der Waals surface area contributed by atoms with Gasteiger partial charge in [0.25, 0.3) is 0 Å². The molecule has 1 fully saturated rings. The van der Waals surface area contributed by atoms with Crippen LogP contribution in [0.4, 0.5) is 4.39 Å². The van der Waals surface area contributed by atoms with Gasteiger partial charge in [-0.2, -0.15) is 0 Å². The zero-order valence-electron chi connectivity index (χ0n) is 18.4. The van der Waals surface area contributed by atoms with Crippen LogP contribution < -0.4 is 4.74 Å². The third-order valence-corrected chi connectivity index (χ3v) is 6.62. The third-order valence-electron chi connectivity index (χ3n) is 6.62. The molecule has 2 aliphatic heterocycles. The molecule has 1 spiro atoms. The van der Waals surface area contributed by atoms with E-state index in [0.717, 1.165) is 54.5 Å². The Morgan fingerprint density at radius 2 is 2.06 bits per heavy atom. The van der Waals surface area contributed by atoms with Gasteiger partial charge in [0.2, 0.25) is 0 Å². The summed E-state index contributed by atoms with van der Waals surface area (Å²) in [6.07, 6.45) is 6.78. The van der Waals surface area contributed by atoms with Crippen LogP contribution in [0.5, 0.6) is 5.75 Å². The molecule has 0 radical (unpaired) electrons. The lowest BCUT2D eigenvalue weighted by molar-refractivity contribution is -0.134. The molecule has 1 aromatic heterocycles. The lowest BCUT2D eigenvalue weighted by Gasteiger charge is -2.44. The highest BCUT2D eigenvalue weighted by atomic mass is 19.1. The normalized spacial score (nSPS) is 17.9. The molecule has 0 aliphatic carbocycles. The van der Waals surface area contributed by atoms with Crippen molar-refractivity contribution in [1.82, 2.24) is 9.88 Å². The Morgan fingerprint density at radius 1 is 1.24 bits per heavy atom. The largest absolute Gasteiger partial charge is 0.486 e. The number of ether oxygens (including phenoxy) is 2. The molecule has 0 atom stereocenters. The van der Waals surface area contributed by atoms with E-state index in [4.69, 9.17) is 4.74 Å². The van der Waals surface area contributed by atoms with Crippen LogP contribution in [-0.2, 0) is 16.1 Å². The average molecular weight is 448 g/mol. The van der Waals surface area contributed by atoms with E-state index in [1.165, 1.54) is 25.3 Å². The molecule has 2 aliphatic rings. The van der Waals surface area contributed by atoms with Crippen molar-refractivity contribution in [2.75, 3.05) is 20.2 Å². The summed E-state index contributed by atoms with van der Waals surface area (Å²) in [6.45, 7) is 2.40.